The van der Waals surface area contributed by atoms with Crippen LogP contribution in [0.1, 0.15) is 46.0 Å². The molecule has 1 unspecified atom stereocenters. The van der Waals surface area contributed by atoms with E-state index in [1.165, 1.54) is 37.9 Å². The van der Waals surface area contributed by atoms with Crippen molar-refractivity contribution in [2.45, 2.75) is 58.5 Å². The van der Waals surface area contributed by atoms with Crippen LogP contribution in [0.5, 0.6) is 0 Å². The second kappa shape index (κ2) is 5.37. The molecule has 3 heteroatoms. The van der Waals surface area contributed by atoms with Crippen LogP contribution < -0.4 is 5.32 Å². The van der Waals surface area contributed by atoms with Crippen LogP contribution in [0.25, 0.3) is 0 Å². The Bertz CT molecular complexity index is 315. The molecule has 0 radical (unpaired) electrons. The number of nitrogens with one attached hydrogen (secondary N) is 1. The Labute approximate surface area is 98.2 Å². The van der Waals surface area contributed by atoms with Crippen molar-refractivity contribution in [2.75, 3.05) is 5.32 Å². The van der Waals surface area contributed by atoms with E-state index < -0.39 is 0 Å². The molecule has 1 atom stereocenters. The second-order valence-electron chi connectivity index (χ2n) is 5.02. The Kier molecular flexibility index (Phi) is 3.86. The molecule has 1 aliphatic carbocycles. The van der Waals surface area contributed by atoms with Crippen LogP contribution >= 0.6 is 0 Å². The van der Waals surface area contributed by atoms with Gasteiger partial charge in [0.25, 0.3) is 0 Å². The van der Waals surface area contributed by atoms with Gasteiger partial charge in [0.05, 0.1) is 6.20 Å². The van der Waals surface area contributed by atoms with E-state index in [0.29, 0.717) is 6.04 Å². The molecular weight excluding hydrogens is 198 g/mol. The van der Waals surface area contributed by atoms with E-state index in [-0.39, 0.29) is 0 Å². The van der Waals surface area contributed by atoms with E-state index in [1.807, 2.05) is 6.20 Å². The first-order valence-corrected chi connectivity index (χ1v) is 6.58. The predicted molar refractivity (Wildman–Crippen MR) is 67.6 cm³/mol. The summed E-state index contributed by atoms with van der Waals surface area (Å²) in [7, 11) is 0. The van der Waals surface area contributed by atoms with Gasteiger partial charge in [0.1, 0.15) is 5.82 Å². The smallest absolute Gasteiger partial charge is 0.124 e. The van der Waals surface area contributed by atoms with E-state index in [9.17, 15) is 0 Å². The lowest BCUT2D eigenvalue weighted by Crippen LogP contribution is -2.18. The van der Waals surface area contributed by atoms with E-state index in [1.54, 1.807) is 0 Å². The van der Waals surface area contributed by atoms with Gasteiger partial charge in [-0.1, -0.05) is 26.2 Å². The molecule has 0 aromatic carbocycles. The van der Waals surface area contributed by atoms with Crippen molar-refractivity contribution in [1.29, 1.82) is 0 Å². The molecule has 1 N–H and O–H groups in total. The van der Waals surface area contributed by atoms with Crippen LogP contribution in [0.2, 0.25) is 0 Å². The van der Waals surface area contributed by atoms with Gasteiger partial charge in [-0.15, -0.1) is 0 Å². The molecule has 2 rings (SSSR count). The maximum Gasteiger partial charge on any atom is 0.124 e. The maximum atomic E-state index is 4.36. The molecule has 0 amide bonds. The zero-order valence-electron chi connectivity index (χ0n) is 10.4. The lowest BCUT2D eigenvalue weighted by molar-refractivity contribution is 0.565. The summed E-state index contributed by atoms with van der Waals surface area (Å²) in [5.41, 5.74) is 0. The lowest BCUT2D eigenvalue weighted by atomic mass is 10.1. The fourth-order valence-corrected chi connectivity index (χ4v) is 2.11. The predicted octanol–water partition coefficient (Wildman–Crippen LogP) is 3.28. The van der Waals surface area contributed by atoms with Crippen molar-refractivity contribution < 1.29 is 0 Å². The van der Waals surface area contributed by atoms with Crippen LogP contribution in [-0.4, -0.2) is 15.8 Å². The summed E-state index contributed by atoms with van der Waals surface area (Å²) in [5, 5.41) is 7.93. The van der Waals surface area contributed by atoms with Gasteiger partial charge in [-0.05, 0) is 25.7 Å². The van der Waals surface area contributed by atoms with Crippen molar-refractivity contribution in [3.8, 4) is 0 Å². The molecule has 0 saturated heterocycles. The van der Waals surface area contributed by atoms with Crippen molar-refractivity contribution in [3.63, 3.8) is 0 Å². The molecule has 1 heterocycles. The number of hydrogen-bond acceptors (Lipinski definition) is 2. The third-order valence-corrected chi connectivity index (χ3v) is 3.22. The van der Waals surface area contributed by atoms with Gasteiger partial charge in [-0.25, -0.2) is 4.68 Å². The van der Waals surface area contributed by atoms with Crippen molar-refractivity contribution in [1.82, 2.24) is 9.78 Å². The van der Waals surface area contributed by atoms with Crippen LogP contribution in [0, 0.1) is 5.92 Å². The van der Waals surface area contributed by atoms with Gasteiger partial charge in [-0.2, -0.15) is 5.10 Å². The first-order chi connectivity index (χ1) is 7.79. The summed E-state index contributed by atoms with van der Waals surface area (Å²) in [4.78, 5) is 0. The molecular formula is C13H23N3. The number of anilines is 1. The fraction of sp³-hybridized carbons (Fsp3) is 0.769. The molecule has 1 aromatic rings. The summed E-state index contributed by atoms with van der Waals surface area (Å²) < 4.78 is 2.09. The van der Waals surface area contributed by atoms with Gasteiger partial charge in [0.2, 0.25) is 0 Å². The minimum absolute atomic E-state index is 0.574. The van der Waals surface area contributed by atoms with Crippen molar-refractivity contribution >= 4 is 5.82 Å². The standard InChI is InChI=1S/C13H23N3/c1-3-4-9-16-13(7-8-14-16)15-11(2)10-12-5-6-12/h7-8,11-12,15H,3-6,9-10H2,1-2H3. The molecule has 90 valence electrons. The van der Waals surface area contributed by atoms with E-state index in [2.05, 4.69) is 35.0 Å². The maximum absolute atomic E-state index is 4.36. The van der Waals surface area contributed by atoms with Gasteiger partial charge in [0.15, 0.2) is 0 Å². The average Bonchev–Trinajstić information content (AvgIpc) is 2.95. The van der Waals surface area contributed by atoms with Gasteiger partial charge in [0, 0.05) is 18.7 Å². The summed E-state index contributed by atoms with van der Waals surface area (Å²) in [5.74, 6) is 2.16. The highest BCUT2D eigenvalue weighted by Crippen LogP contribution is 2.34. The zero-order chi connectivity index (χ0) is 11.4. The molecule has 1 fully saturated rings. The Morgan fingerprint density at radius 1 is 1.56 bits per heavy atom. The van der Waals surface area contributed by atoms with Crippen molar-refractivity contribution in [2.24, 2.45) is 5.92 Å². The second-order valence-corrected chi connectivity index (χ2v) is 5.02. The Morgan fingerprint density at radius 3 is 3.06 bits per heavy atom. The summed E-state index contributed by atoms with van der Waals surface area (Å²) in [6, 6.07) is 2.66. The lowest BCUT2D eigenvalue weighted by Gasteiger charge is -2.15. The van der Waals surface area contributed by atoms with Crippen LogP contribution in [0.15, 0.2) is 12.3 Å². The molecule has 0 aliphatic heterocycles. The molecule has 16 heavy (non-hydrogen) atoms. The number of aryl methyl sites for hydroxylation is 1. The summed E-state index contributed by atoms with van der Waals surface area (Å²) >= 11 is 0. The number of nitrogens with zero attached hydrogens (tertiary/aromatic N) is 2. The van der Waals surface area contributed by atoms with Gasteiger partial charge >= 0.3 is 0 Å². The van der Waals surface area contributed by atoms with Crippen molar-refractivity contribution in [3.05, 3.63) is 12.3 Å². The molecule has 1 aromatic heterocycles. The number of unbranched alkanes of at least 4 members (excludes halogenated alkanes) is 1. The van der Waals surface area contributed by atoms with E-state index in [0.717, 1.165) is 12.5 Å². The topological polar surface area (TPSA) is 29.9 Å². The Morgan fingerprint density at radius 2 is 2.38 bits per heavy atom. The van der Waals surface area contributed by atoms with Crippen LogP contribution in [0.4, 0.5) is 5.82 Å². The summed E-state index contributed by atoms with van der Waals surface area (Å²) in [6.07, 6.45) is 8.48. The molecule has 0 bridgehead atoms. The largest absolute Gasteiger partial charge is 0.368 e. The minimum Gasteiger partial charge on any atom is -0.368 e. The monoisotopic (exact) mass is 221 g/mol. The fourth-order valence-electron chi connectivity index (χ4n) is 2.11. The van der Waals surface area contributed by atoms with Gasteiger partial charge < -0.3 is 5.32 Å². The highest BCUT2D eigenvalue weighted by atomic mass is 15.3. The Hall–Kier alpha value is -0.990. The quantitative estimate of drug-likeness (QED) is 0.765. The van der Waals surface area contributed by atoms with E-state index in [4.69, 9.17) is 0 Å². The normalized spacial score (nSPS) is 17.4. The SMILES string of the molecule is CCCCn1nccc1NC(C)CC1CC1. The Balaban J connectivity index is 1.84. The molecule has 3 nitrogen and oxygen atoms in total. The molecule has 0 spiro atoms. The van der Waals surface area contributed by atoms with Gasteiger partial charge in [-0.3, -0.25) is 0 Å². The van der Waals surface area contributed by atoms with Crippen LogP contribution in [-0.2, 0) is 6.54 Å². The minimum atomic E-state index is 0.574. The number of rotatable bonds is 7. The molecule has 1 aliphatic rings. The highest BCUT2D eigenvalue weighted by Gasteiger charge is 2.23. The first-order valence-electron chi connectivity index (χ1n) is 6.58. The molecule has 1 saturated carbocycles. The highest BCUT2D eigenvalue weighted by molar-refractivity contribution is 5.34. The first kappa shape index (κ1) is 11.5. The third kappa shape index (κ3) is 3.26. The van der Waals surface area contributed by atoms with Crippen LogP contribution in [0.3, 0.4) is 0 Å². The number of aromatic nitrogens is 2. The van der Waals surface area contributed by atoms with E-state index >= 15 is 0 Å². The third-order valence-electron chi connectivity index (χ3n) is 3.22. The number of hydrogen-bond donors (Lipinski definition) is 1. The zero-order valence-corrected chi connectivity index (χ0v) is 10.4. The summed E-state index contributed by atoms with van der Waals surface area (Å²) in [6.45, 7) is 5.52. The average molecular weight is 221 g/mol.